The highest BCUT2D eigenvalue weighted by molar-refractivity contribution is 6.03. The van der Waals surface area contributed by atoms with Crippen molar-refractivity contribution < 1.29 is 19.1 Å². The van der Waals surface area contributed by atoms with Crippen molar-refractivity contribution in [1.29, 1.82) is 0 Å². The van der Waals surface area contributed by atoms with Crippen molar-refractivity contribution in [1.82, 2.24) is 0 Å². The number of anilines is 1. The third kappa shape index (κ3) is 5.73. The summed E-state index contributed by atoms with van der Waals surface area (Å²) in [5.74, 6) is -1.85. The summed E-state index contributed by atoms with van der Waals surface area (Å²) >= 11 is 0. The van der Waals surface area contributed by atoms with Crippen molar-refractivity contribution in [2.45, 2.75) is 6.92 Å². The molecule has 6 heteroatoms. The van der Waals surface area contributed by atoms with Crippen molar-refractivity contribution in [3.63, 3.8) is 0 Å². The van der Waals surface area contributed by atoms with Crippen LogP contribution >= 0.6 is 0 Å². The summed E-state index contributed by atoms with van der Waals surface area (Å²) in [7, 11) is 0. The smallest absolute Gasteiger partial charge is 0.331 e. The van der Waals surface area contributed by atoms with Crippen LogP contribution in [0.15, 0.2) is 48.6 Å². The minimum Gasteiger partial charge on any atom is -0.452 e. The van der Waals surface area contributed by atoms with Gasteiger partial charge in [-0.25, -0.2) is 4.79 Å². The van der Waals surface area contributed by atoms with Gasteiger partial charge in [0.2, 0.25) is 0 Å². The van der Waals surface area contributed by atoms with Gasteiger partial charge in [0.1, 0.15) is 0 Å². The van der Waals surface area contributed by atoms with Crippen LogP contribution in [0, 0.1) is 0 Å². The molecule has 0 aromatic heterocycles. The Morgan fingerprint density at radius 3 is 2.62 bits per heavy atom. The number of nitrogens with one attached hydrogen (secondary N) is 1. The Balaban J connectivity index is 2.55. The van der Waals surface area contributed by atoms with Gasteiger partial charge in [-0.2, -0.15) is 0 Å². The Kier molecular flexibility index (Phi) is 6.40. The van der Waals surface area contributed by atoms with Gasteiger partial charge in [0, 0.05) is 6.08 Å². The number of primary amides is 1. The number of hydrogen-bond donors (Lipinski definition) is 2. The fourth-order valence-corrected chi connectivity index (χ4v) is 1.42. The molecule has 2 amide bonds. The molecule has 0 saturated carbocycles. The normalized spacial score (nSPS) is 10.7. The average Bonchev–Trinajstić information content (AvgIpc) is 2.46. The lowest BCUT2D eigenvalue weighted by Crippen LogP contribution is -2.22. The lowest BCUT2D eigenvalue weighted by molar-refractivity contribution is -0.142. The van der Waals surface area contributed by atoms with Crippen LogP contribution < -0.4 is 11.1 Å². The van der Waals surface area contributed by atoms with Crippen LogP contribution in [-0.2, 0) is 14.3 Å². The Hall–Kier alpha value is -2.89. The molecular weight excluding hydrogens is 272 g/mol. The van der Waals surface area contributed by atoms with E-state index in [1.54, 1.807) is 31.2 Å². The number of allylic oxidation sites excluding steroid dienone is 3. The summed E-state index contributed by atoms with van der Waals surface area (Å²) in [4.78, 5) is 34.1. The Labute approximate surface area is 122 Å². The third-order valence-corrected chi connectivity index (χ3v) is 2.35. The standard InChI is InChI=1S/C15H16N2O4/c1-2-3-4-9-14(19)21-10-13(18)17-12-8-6-5-7-11(12)15(16)20/h2-9H,10H2,1H3,(H2,16,20)(H,17,18)/b3-2+,9-4+. The van der Waals surface area contributed by atoms with E-state index in [9.17, 15) is 14.4 Å². The number of nitrogens with two attached hydrogens (primary N) is 1. The van der Waals surface area contributed by atoms with Crippen molar-refractivity contribution in [2.75, 3.05) is 11.9 Å². The molecule has 1 aromatic rings. The van der Waals surface area contributed by atoms with Gasteiger partial charge >= 0.3 is 5.97 Å². The molecule has 0 saturated heterocycles. The maximum atomic E-state index is 11.6. The fourth-order valence-electron chi connectivity index (χ4n) is 1.42. The number of rotatable bonds is 6. The zero-order valence-electron chi connectivity index (χ0n) is 11.5. The van der Waals surface area contributed by atoms with E-state index < -0.39 is 24.4 Å². The van der Waals surface area contributed by atoms with Gasteiger partial charge in [-0.15, -0.1) is 0 Å². The van der Waals surface area contributed by atoms with Crippen LogP contribution in [0.3, 0.4) is 0 Å². The maximum absolute atomic E-state index is 11.6. The molecule has 6 nitrogen and oxygen atoms in total. The number of carbonyl (C=O) groups is 3. The van der Waals surface area contributed by atoms with Crippen LogP contribution in [0.5, 0.6) is 0 Å². The second kappa shape index (κ2) is 8.31. The Morgan fingerprint density at radius 2 is 1.95 bits per heavy atom. The number of esters is 1. The van der Waals surface area contributed by atoms with E-state index in [1.807, 2.05) is 0 Å². The monoisotopic (exact) mass is 288 g/mol. The third-order valence-electron chi connectivity index (χ3n) is 2.35. The highest BCUT2D eigenvalue weighted by atomic mass is 16.5. The van der Waals surface area contributed by atoms with Gasteiger partial charge in [-0.05, 0) is 19.1 Å². The highest BCUT2D eigenvalue weighted by Gasteiger charge is 2.11. The molecule has 0 atom stereocenters. The SMILES string of the molecule is C/C=C/C=C/C(=O)OCC(=O)Nc1ccccc1C(N)=O. The van der Waals surface area contributed by atoms with Crippen molar-refractivity contribution in [3.05, 3.63) is 54.1 Å². The first-order valence-electron chi connectivity index (χ1n) is 6.19. The molecule has 0 spiro atoms. The van der Waals surface area contributed by atoms with Crippen LogP contribution in [-0.4, -0.2) is 24.4 Å². The average molecular weight is 288 g/mol. The van der Waals surface area contributed by atoms with E-state index in [0.717, 1.165) is 0 Å². The van der Waals surface area contributed by atoms with Crippen LogP contribution in [0.4, 0.5) is 5.69 Å². The lowest BCUT2D eigenvalue weighted by Gasteiger charge is -2.08. The molecule has 0 fully saturated rings. The number of para-hydroxylation sites is 1. The molecule has 110 valence electrons. The molecule has 0 aliphatic carbocycles. The summed E-state index contributed by atoms with van der Waals surface area (Å²) in [6, 6.07) is 6.30. The molecule has 21 heavy (non-hydrogen) atoms. The molecular formula is C15H16N2O4. The van der Waals surface area contributed by atoms with E-state index in [-0.39, 0.29) is 11.3 Å². The van der Waals surface area contributed by atoms with Crippen molar-refractivity contribution >= 4 is 23.5 Å². The Morgan fingerprint density at radius 1 is 1.24 bits per heavy atom. The van der Waals surface area contributed by atoms with Gasteiger partial charge in [0.05, 0.1) is 11.3 Å². The number of amides is 2. The molecule has 1 rings (SSSR count). The number of ether oxygens (including phenoxy) is 1. The number of carbonyl (C=O) groups excluding carboxylic acids is 3. The Bertz CT molecular complexity index is 591. The van der Waals surface area contributed by atoms with Crippen LogP contribution in [0.2, 0.25) is 0 Å². The first-order valence-corrected chi connectivity index (χ1v) is 6.19. The van der Waals surface area contributed by atoms with E-state index in [2.05, 4.69) is 5.32 Å². The topological polar surface area (TPSA) is 98.5 Å². The summed E-state index contributed by atoms with van der Waals surface area (Å²) in [6.07, 6.45) is 6.11. The molecule has 0 aliphatic heterocycles. The van der Waals surface area contributed by atoms with E-state index >= 15 is 0 Å². The van der Waals surface area contributed by atoms with Gasteiger partial charge < -0.3 is 15.8 Å². The van der Waals surface area contributed by atoms with Gasteiger partial charge in [0.15, 0.2) is 6.61 Å². The predicted octanol–water partition coefficient (Wildman–Crippen LogP) is 1.40. The van der Waals surface area contributed by atoms with E-state index in [4.69, 9.17) is 10.5 Å². The molecule has 0 heterocycles. The molecule has 0 aliphatic rings. The quantitative estimate of drug-likeness (QED) is 0.469. The van der Waals surface area contributed by atoms with E-state index in [0.29, 0.717) is 0 Å². The maximum Gasteiger partial charge on any atom is 0.331 e. The molecule has 0 radical (unpaired) electrons. The summed E-state index contributed by atoms with van der Waals surface area (Å²) in [6.45, 7) is 1.35. The van der Waals surface area contributed by atoms with E-state index in [1.165, 1.54) is 24.3 Å². The molecule has 0 bridgehead atoms. The highest BCUT2D eigenvalue weighted by Crippen LogP contribution is 2.13. The zero-order valence-corrected chi connectivity index (χ0v) is 11.5. The first kappa shape index (κ1) is 16.2. The summed E-state index contributed by atoms with van der Waals surface area (Å²) in [5, 5.41) is 2.46. The van der Waals surface area contributed by atoms with Crippen molar-refractivity contribution in [2.24, 2.45) is 5.73 Å². The number of hydrogen-bond acceptors (Lipinski definition) is 4. The minimum absolute atomic E-state index is 0.185. The molecule has 0 unspecified atom stereocenters. The van der Waals surface area contributed by atoms with Crippen LogP contribution in [0.1, 0.15) is 17.3 Å². The van der Waals surface area contributed by atoms with Crippen molar-refractivity contribution in [3.8, 4) is 0 Å². The second-order valence-electron chi connectivity index (χ2n) is 3.95. The predicted molar refractivity (Wildman–Crippen MR) is 78.5 cm³/mol. The summed E-state index contributed by atoms with van der Waals surface area (Å²) in [5.41, 5.74) is 5.65. The number of benzene rings is 1. The second-order valence-corrected chi connectivity index (χ2v) is 3.95. The zero-order chi connectivity index (χ0) is 15.7. The fraction of sp³-hybridized carbons (Fsp3) is 0.133. The lowest BCUT2D eigenvalue weighted by atomic mass is 10.1. The van der Waals surface area contributed by atoms with Crippen LogP contribution in [0.25, 0.3) is 0 Å². The van der Waals surface area contributed by atoms with Gasteiger partial charge in [-0.1, -0.05) is 30.4 Å². The molecule has 3 N–H and O–H groups in total. The van der Waals surface area contributed by atoms with Gasteiger partial charge in [-0.3, -0.25) is 9.59 Å². The molecule has 1 aromatic carbocycles. The first-order chi connectivity index (χ1) is 10.0. The largest absolute Gasteiger partial charge is 0.452 e. The summed E-state index contributed by atoms with van der Waals surface area (Å²) < 4.78 is 4.74. The van der Waals surface area contributed by atoms with Gasteiger partial charge in [0.25, 0.3) is 11.8 Å². The minimum atomic E-state index is -0.655.